The molecular weight excluding hydrogens is 506 g/mol. The van der Waals surface area contributed by atoms with E-state index in [1.54, 1.807) is 51.2 Å². The van der Waals surface area contributed by atoms with E-state index < -0.39 is 23.6 Å². The molecule has 0 radical (unpaired) electrons. The summed E-state index contributed by atoms with van der Waals surface area (Å²) in [5, 5.41) is 12.6. The van der Waals surface area contributed by atoms with Crippen molar-refractivity contribution in [1.82, 2.24) is 4.98 Å². The van der Waals surface area contributed by atoms with Crippen molar-refractivity contribution in [3.63, 3.8) is 0 Å². The van der Waals surface area contributed by atoms with Crippen LogP contribution in [0.5, 0.6) is 0 Å². The molecule has 4 rings (SSSR count). The van der Waals surface area contributed by atoms with Gasteiger partial charge in [-0.05, 0) is 63.1 Å². The first-order valence-electron chi connectivity index (χ1n) is 12.9. The minimum atomic E-state index is -1.18. The van der Waals surface area contributed by atoms with Crippen molar-refractivity contribution in [2.45, 2.75) is 33.3 Å². The van der Waals surface area contributed by atoms with Crippen LogP contribution in [0.25, 0.3) is 22.3 Å². The molecule has 0 bridgehead atoms. The molecule has 8 nitrogen and oxygen atoms in total. The molecule has 1 aromatic heterocycles. The first-order valence-corrected chi connectivity index (χ1v) is 12.9. The summed E-state index contributed by atoms with van der Waals surface area (Å²) in [6, 6.07) is 23.2. The molecule has 0 aliphatic carbocycles. The molecule has 0 unspecified atom stereocenters. The van der Waals surface area contributed by atoms with Crippen molar-refractivity contribution >= 4 is 29.3 Å². The smallest absolute Gasteiger partial charge is 0.414 e. The molecule has 2 N–H and O–H groups in total. The molecule has 204 valence electrons. The number of rotatable bonds is 7. The lowest BCUT2D eigenvalue weighted by Crippen LogP contribution is -2.37. The van der Waals surface area contributed by atoms with Crippen molar-refractivity contribution in [1.29, 1.82) is 0 Å². The number of carboxylic acid groups (broad SMARTS) is 1. The number of aromatic carboxylic acids is 1. The molecule has 1 heterocycles. The highest BCUT2D eigenvalue weighted by molar-refractivity contribution is 6.09. The Bertz CT molecular complexity index is 1540. The minimum Gasteiger partial charge on any atom is -0.478 e. The van der Waals surface area contributed by atoms with E-state index >= 15 is 0 Å². The number of ether oxygens (including phenoxy) is 1. The Morgan fingerprint density at radius 1 is 0.875 bits per heavy atom. The van der Waals surface area contributed by atoms with E-state index in [1.807, 2.05) is 55.5 Å². The van der Waals surface area contributed by atoms with Crippen molar-refractivity contribution in [3.05, 3.63) is 102 Å². The number of hydrogen-bond donors (Lipinski definition) is 2. The van der Waals surface area contributed by atoms with Gasteiger partial charge >= 0.3 is 12.1 Å². The number of carbonyl (C=O) groups excluding carboxylic acids is 2. The summed E-state index contributed by atoms with van der Waals surface area (Å²) in [6.45, 7) is 7.60. The number of anilines is 2. The molecule has 0 atom stereocenters. The number of hydrogen-bond acceptors (Lipinski definition) is 5. The van der Waals surface area contributed by atoms with Crippen molar-refractivity contribution < 1.29 is 24.2 Å². The highest BCUT2D eigenvalue weighted by atomic mass is 16.6. The van der Waals surface area contributed by atoms with Crippen molar-refractivity contribution in [3.8, 4) is 22.3 Å². The van der Waals surface area contributed by atoms with E-state index in [4.69, 9.17) is 4.74 Å². The van der Waals surface area contributed by atoms with Crippen molar-refractivity contribution in [2.75, 3.05) is 16.8 Å². The highest BCUT2D eigenvalue weighted by Gasteiger charge is 2.25. The molecule has 4 aromatic rings. The molecule has 0 saturated carbocycles. The van der Waals surface area contributed by atoms with Gasteiger partial charge in [-0.2, -0.15) is 0 Å². The summed E-state index contributed by atoms with van der Waals surface area (Å²) in [5.41, 5.74) is 3.22. The minimum absolute atomic E-state index is 0.0683. The van der Waals surface area contributed by atoms with Gasteiger partial charge in [-0.3, -0.25) is 14.7 Å². The summed E-state index contributed by atoms with van der Waals surface area (Å²) < 4.78 is 5.60. The Morgan fingerprint density at radius 2 is 1.57 bits per heavy atom. The van der Waals surface area contributed by atoms with Crippen LogP contribution >= 0.6 is 0 Å². The second kappa shape index (κ2) is 11.8. The Hall–Kier alpha value is -4.98. The second-order valence-electron chi connectivity index (χ2n) is 10.1. The fraction of sp³-hybridized carbons (Fsp3) is 0.188. The molecule has 0 fully saturated rings. The van der Waals surface area contributed by atoms with E-state index in [2.05, 4.69) is 10.3 Å². The molecule has 0 spiro atoms. The lowest BCUT2D eigenvalue weighted by molar-refractivity contribution is 0.0581. The van der Waals surface area contributed by atoms with Crippen molar-refractivity contribution in [2.24, 2.45) is 0 Å². The molecule has 3 aromatic carbocycles. The van der Waals surface area contributed by atoms with Gasteiger partial charge < -0.3 is 15.2 Å². The normalized spacial score (nSPS) is 11.0. The molecular formula is C32H31N3O5. The van der Waals surface area contributed by atoms with Crippen LogP contribution in [-0.2, 0) is 4.74 Å². The lowest BCUT2D eigenvalue weighted by atomic mass is 9.99. The van der Waals surface area contributed by atoms with E-state index in [0.717, 1.165) is 11.1 Å². The topological polar surface area (TPSA) is 109 Å². The Balaban J connectivity index is 1.70. The Kier molecular flexibility index (Phi) is 8.29. The molecule has 0 aliphatic heterocycles. The third-order valence-corrected chi connectivity index (χ3v) is 6.04. The van der Waals surface area contributed by atoms with Crippen LogP contribution in [0.2, 0.25) is 0 Å². The van der Waals surface area contributed by atoms with E-state index in [0.29, 0.717) is 23.4 Å². The quantitative estimate of drug-likeness (QED) is 0.260. The number of aromatic nitrogens is 1. The van der Waals surface area contributed by atoms with Gasteiger partial charge in [-0.15, -0.1) is 0 Å². The van der Waals surface area contributed by atoms with Gasteiger partial charge in [0.05, 0.1) is 22.5 Å². The summed E-state index contributed by atoms with van der Waals surface area (Å²) in [4.78, 5) is 44.0. The number of pyridine rings is 1. The summed E-state index contributed by atoms with van der Waals surface area (Å²) in [5.74, 6) is -1.68. The Labute approximate surface area is 233 Å². The predicted molar refractivity (Wildman–Crippen MR) is 156 cm³/mol. The zero-order valence-electron chi connectivity index (χ0n) is 22.8. The standard InChI is InChI=1S/C32H31N3O5/c1-5-35(31(39)40-32(2,3)4)28-14-10-9-13-25(28)22-15-16-26(30(37)38)27(18-22)34-29(36)24-17-23(19-33-20-24)21-11-7-6-8-12-21/h6-20H,5H2,1-4H3,(H,34,36)(H,37,38). The summed E-state index contributed by atoms with van der Waals surface area (Å²) in [7, 11) is 0. The van der Waals surface area contributed by atoms with E-state index in [9.17, 15) is 19.5 Å². The third-order valence-electron chi connectivity index (χ3n) is 6.04. The van der Waals surface area contributed by atoms with Crippen LogP contribution in [0.1, 0.15) is 48.4 Å². The lowest BCUT2D eigenvalue weighted by Gasteiger charge is -2.28. The number of para-hydroxylation sites is 1. The molecule has 8 heteroatoms. The fourth-order valence-corrected chi connectivity index (χ4v) is 4.22. The van der Waals surface area contributed by atoms with Gasteiger partial charge in [0.25, 0.3) is 5.91 Å². The summed E-state index contributed by atoms with van der Waals surface area (Å²) in [6.07, 6.45) is 2.60. The molecule has 40 heavy (non-hydrogen) atoms. The van der Waals surface area contributed by atoms with Gasteiger partial charge in [0.1, 0.15) is 5.60 Å². The largest absolute Gasteiger partial charge is 0.478 e. The molecule has 2 amide bonds. The van der Waals surface area contributed by atoms with E-state index in [-0.39, 0.29) is 16.8 Å². The van der Waals surface area contributed by atoms with Gasteiger partial charge in [0, 0.05) is 30.1 Å². The fourth-order valence-electron chi connectivity index (χ4n) is 4.22. The number of nitrogens with one attached hydrogen (secondary N) is 1. The maximum atomic E-state index is 13.3. The second-order valence-corrected chi connectivity index (χ2v) is 10.1. The van der Waals surface area contributed by atoms with Gasteiger partial charge in [-0.1, -0.05) is 54.6 Å². The van der Waals surface area contributed by atoms with Crippen LogP contribution in [0, 0.1) is 0 Å². The number of nitrogens with zero attached hydrogens (tertiary/aromatic N) is 2. The van der Waals surface area contributed by atoms with Gasteiger partial charge in [-0.25, -0.2) is 9.59 Å². The van der Waals surface area contributed by atoms with Crippen LogP contribution in [0.15, 0.2) is 91.3 Å². The SMILES string of the molecule is CCN(C(=O)OC(C)(C)C)c1ccccc1-c1ccc(C(=O)O)c(NC(=O)c2cncc(-c3ccccc3)c2)c1. The number of carbonyl (C=O) groups is 3. The monoisotopic (exact) mass is 537 g/mol. The number of carboxylic acids is 1. The molecule has 0 saturated heterocycles. The third kappa shape index (κ3) is 6.53. The average Bonchev–Trinajstić information content (AvgIpc) is 2.93. The van der Waals surface area contributed by atoms with Crippen LogP contribution < -0.4 is 10.2 Å². The van der Waals surface area contributed by atoms with Crippen LogP contribution in [0.3, 0.4) is 0 Å². The summed E-state index contributed by atoms with van der Waals surface area (Å²) >= 11 is 0. The number of amides is 2. The van der Waals surface area contributed by atoms with Crippen LogP contribution in [0.4, 0.5) is 16.2 Å². The zero-order valence-corrected chi connectivity index (χ0v) is 22.8. The first kappa shape index (κ1) is 28.0. The van der Waals surface area contributed by atoms with Gasteiger partial charge in [0.15, 0.2) is 0 Å². The first-order chi connectivity index (χ1) is 19.1. The maximum Gasteiger partial charge on any atom is 0.414 e. The zero-order chi connectivity index (χ0) is 28.9. The van der Waals surface area contributed by atoms with Crippen LogP contribution in [-0.4, -0.2) is 40.2 Å². The van der Waals surface area contributed by atoms with E-state index in [1.165, 1.54) is 17.2 Å². The van der Waals surface area contributed by atoms with Gasteiger partial charge in [0.2, 0.25) is 0 Å². The average molecular weight is 538 g/mol. The Morgan fingerprint density at radius 3 is 2.25 bits per heavy atom. The predicted octanol–water partition coefficient (Wildman–Crippen LogP) is 7.13. The number of benzene rings is 3. The maximum absolute atomic E-state index is 13.3. The molecule has 0 aliphatic rings. The highest BCUT2D eigenvalue weighted by Crippen LogP contribution is 2.34.